The number of nitrogens with zero attached hydrogens (tertiary/aromatic N) is 3. The number of methoxy groups -OCH3 is 1. The average Bonchev–Trinajstić information content (AvgIpc) is 3.11. The van der Waals surface area contributed by atoms with Gasteiger partial charge in [0, 0.05) is 10.7 Å². The van der Waals surface area contributed by atoms with Crippen molar-refractivity contribution in [3.05, 3.63) is 76.3 Å². The van der Waals surface area contributed by atoms with Gasteiger partial charge in [-0.15, -0.1) is 10.2 Å². The number of hydrogen-bond donors (Lipinski definition) is 1. The average molecular weight is 413 g/mol. The summed E-state index contributed by atoms with van der Waals surface area (Å²) in [6, 6.07) is 17.9. The van der Waals surface area contributed by atoms with Crippen molar-refractivity contribution in [2.45, 2.75) is 0 Å². The molecule has 0 radical (unpaired) electrons. The molecule has 1 N–H and O–H groups in total. The minimum absolute atomic E-state index is 0.244. The third kappa shape index (κ3) is 3.52. The number of fused-ring (bicyclic) bond motifs is 1. The van der Waals surface area contributed by atoms with Crippen molar-refractivity contribution in [3.63, 3.8) is 0 Å². The SMILES string of the molecule is COc1c(Cl)cc(Cl)cc1C(=O)Nc1ccc2nn(-c3ccccc3)nc2c1. The first-order valence-corrected chi connectivity index (χ1v) is 9.07. The van der Waals surface area contributed by atoms with E-state index >= 15 is 0 Å². The fraction of sp³-hybridized carbons (Fsp3) is 0.0500. The lowest BCUT2D eigenvalue weighted by atomic mass is 10.1. The van der Waals surface area contributed by atoms with Gasteiger partial charge in [0.05, 0.1) is 23.4 Å². The van der Waals surface area contributed by atoms with Gasteiger partial charge in [0.25, 0.3) is 5.91 Å². The van der Waals surface area contributed by atoms with Crippen molar-refractivity contribution in [2.24, 2.45) is 0 Å². The number of amides is 1. The minimum atomic E-state index is -0.393. The highest BCUT2D eigenvalue weighted by Crippen LogP contribution is 2.32. The summed E-state index contributed by atoms with van der Waals surface area (Å²) in [4.78, 5) is 14.3. The fourth-order valence-electron chi connectivity index (χ4n) is 2.80. The molecule has 0 atom stereocenters. The number of carbonyl (C=O) groups is 1. The zero-order valence-electron chi connectivity index (χ0n) is 14.7. The van der Waals surface area contributed by atoms with Gasteiger partial charge in [-0.25, -0.2) is 0 Å². The Labute approximate surface area is 170 Å². The standard InChI is InChI=1S/C20H14Cl2N4O2/c1-28-19-15(9-12(21)10-16(19)22)20(27)23-13-7-8-17-18(11-13)25-26(24-17)14-5-3-2-4-6-14/h2-11H,1H3,(H,23,27). The molecule has 0 saturated heterocycles. The van der Waals surface area contributed by atoms with E-state index in [-0.39, 0.29) is 16.3 Å². The van der Waals surface area contributed by atoms with Crippen LogP contribution in [0.2, 0.25) is 10.0 Å². The zero-order valence-corrected chi connectivity index (χ0v) is 16.2. The summed E-state index contributed by atoms with van der Waals surface area (Å²) in [6.07, 6.45) is 0. The van der Waals surface area contributed by atoms with Crippen LogP contribution in [-0.2, 0) is 0 Å². The van der Waals surface area contributed by atoms with Crippen LogP contribution < -0.4 is 10.1 Å². The number of hydrogen-bond acceptors (Lipinski definition) is 4. The predicted octanol–water partition coefficient (Wildman–Crippen LogP) is 4.99. The number of halogens is 2. The predicted molar refractivity (Wildman–Crippen MR) is 110 cm³/mol. The van der Waals surface area contributed by atoms with E-state index in [1.54, 1.807) is 23.0 Å². The zero-order chi connectivity index (χ0) is 19.7. The second-order valence-corrected chi connectivity index (χ2v) is 6.79. The van der Waals surface area contributed by atoms with Crippen LogP contribution in [0.3, 0.4) is 0 Å². The van der Waals surface area contributed by atoms with Crippen LogP contribution in [0.15, 0.2) is 60.7 Å². The number of para-hydroxylation sites is 1. The molecule has 0 saturated carbocycles. The van der Waals surface area contributed by atoms with Gasteiger partial charge in [0.15, 0.2) is 0 Å². The Morgan fingerprint density at radius 2 is 1.75 bits per heavy atom. The summed E-state index contributed by atoms with van der Waals surface area (Å²) in [5, 5.41) is 12.3. The van der Waals surface area contributed by atoms with Crippen LogP contribution in [0.1, 0.15) is 10.4 Å². The van der Waals surface area contributed by atoms with Gasteiger partial charge in [0.1, 0.15) is 16.8 Å². The van der Waals surface area contributed by atoms with Gasteiger partial charge in [-0.05, 0) is 42.5 Å². The normalized spacial score (nSPS) is 10.8. The van der Waals surface area contributed by atoms with Crippen molar-refractivity contribution < 1.29 is 9.53 Å². The first kappa shape index (κ1) is 18.3. The van der Waals surface area contributed by atoms with E-state index in [1.807, 2.05) is 30.3 Å². The molecule has 6 nitrogen and oxygen atoms in total. The van der Waals surface area contributed by atoms with Crippen molar-refractivity contribution in [3.8, 4) is 11.4 Å². The molecule has 28 heavy (non-hydrogen) atoms. The van der Waals surface area contributed by atoms with Gasteiger partial charge in [-0.2, -0.15) is 4.80 Å². The van der Waals surface area contributed by atoms with Crippen LogP contribution in [-0.4, -0.2) is 28.0 Å². The smallest absolute Gasteiger partial charge is 0.259 e. The molecule has 1 heterocycles. The molecule has 4 aromatic rings. The molecule has 0 aliphatic rings. The molecule has 0 bridgehead atoms. The molecule has 1 aromatic heterocycles. The number of anilines is 1. The molecule has 4 rings (SSSR count). The summed E-state index contributed by atoms with van der Waals surface area (Å²) in [5.74, 6) is -0.129. The van der Waals surface area contributed by atoms with Gasteiger partial charge in [-0.3, -0.25) is 4.79 Å². The quantitative estimate of drug-likeness (QED) is 0.512. The van der Waals surface area contributed by atoms with E-state index in [4.69, 9.17) is 27.9 Å². The maximum atomic E-state index is 12.7. The molecular formula is C20H14Cl2N4O2. The third-order valence-corrected chi connectivity index (χ3v) is 4.58. The first-order valence-electron chi connectivity index (χ1n) is 8.32. The molecule has 3 aromatic carbocycles. The molecule has 1 amide bonds. The van der Waals surface area contributed by atoms with Crippen molar-refractivity contribution >= 4 is 45.8 Å². The van der Waals surface area contributed by atoms with E-state index < -0.39 is 5.91 Å². The molecular weight excluding hydrogens is 399 g/mol. The van der Waals surface area contributed by atoms with Crippen molar-refractivity contribution in [1.29, 1.82) is 0 Å². The highest BCUT2D eigenvalue weighted by Gasteiger charge is 2.17. The second kappa shape index (κ2) is 7.50. The van der Waals surface area contributed by atoms with Gasteiger partial charge in [-0.1, -0.05) is 41.4 Å². The number of aromatic nitrogens is 3. The molecule has 0 aliphatic carbocycles. The van der Waals surface area contributed by atoms with Crippen LogP contribution >= 0.6 is 23.2 Å². The number of carbonyl (C=O) groups excluding carboxylic acids is 1. The third-order valence-electron chi connectivity index (χ3n) is 4.08. The number of rotatable bonds is 4. The molecule has 0 aliphatic heterocycles. The Morgan fingerprint density at radius 1 is 1.00 bits per heavy atom. The Kier molecular flexibility index (Phi) is 4.90. The molecule has 0 spiro atoms. The topological polar surface area (TPSA) is 69.0 Å². The summed E-state index contributed by atoms with van der Waals surface area (Å²) >= 11 is 12.1. The summed E-state index contributed by atoms with van der Waals surface area (Å²) in [7, 11) is 1.44. The highest BCUT2D eigenvalue weighted by atomic mass is 35.5. The Hall–Kier alpha value is -3.09. The van der Waals surface area contributed by atoms with Crippen molar-refractivity contribution in [1.82, 2.24) is 15.0 Å². The van der Waals surface area contributed by atoms with E-state index in [2.05, 4.69) is 15.5 Å². The van der Waals surface area contributed by atoms with E-state index in [0.29, 0.717) is 21.7 Å². The Balaban J connectivity index is 1.64. The van der Waals surface area contributed by atoms with Gasteiger partial charge >= 0.3 is 0 Å². The minimum Gasteiger partial charge on any atom is -0.494 e. The molecule has 0 fully saturated rings. The van der Waals surface area contributed by atoms with Gasteiger partial charge in [0.2, 0.25) is 0 Å². The van der Waals surface area contributed by atoms with E-state index in [0.717, 1.165) is 5.69 Å². The lowest BCUT2D eigenvalue weighted by Crippen LogP contribution is -2.13. The van der Waals surface area contributed by atoms with Crippen LogP contribution in [0, 0.1) is 0 Å². The number of nitrogens with one attached hydrogen (secondary N) is 1. The van der Waals surface area contributed by atoms with Gasteiger partial charge < -0.3 is 10.1 Å². The van der Waals surface area contributed by atoms with Crippen LogP contribution in [0.25, 0.3) is 16.7 Å². The highest BCUT2D eigenvalue weighted by molar-refractivity contribution is 6.36. The van der Waals surface area contributed by atoms with Crippen LogP contribution in [0.5, 0.6) is 5.75 Å². The van der Waals surface area contributed by atoms with Crippen LogP contribution in [0.4, 0.5) is 5.69 Å². The second-order valence-electron chi connectivity index (χ2n) is 5.95. The monoisotopic (exact) mass is 412 g/mol. The summed E-state index contributed by atoms with van der Waals surface area (Å²) in [6.45, 7) is 0. The van der Waals surface area contributed by atoms with Crippen molar-refractivity contribution in [2.75, 3.05) is 12.4 Å². The number of ether oxygens (including phenoxy) is 1. The van der Waals surface area contributed by atoms with E-state index in [9.17, 15) is 4.79 Å². The first-order chi connectivity index (χ1) is 13.5. The lowest BCUT2D eigenvalue weighted by Gasteiger charge is -2.11. The lowest BCUT2D eigenvalue weighted by molar-refractivity contribution is 0.102. The maximum absolute atomic E-state index is 12.7. The van der Waals surface area contributed by atoms with E-state index in [1.165, 1.54) is 19.2 Å². The largest absolute Gasteiger partial charge is 0.494 e. The molecule has 8 heteroatoms. The Morgan fingerprint density at radius 3 is 2.50 bits per heavy atom. The summed E-state index contributed by atoms with van der Waals surface area (Å²) < 4.78 is 5.24. The number of benzene rings is 3. The Bertz CT molecular complexity index is 1180. The fourth-order valence-corrected chi connectivity index (χ4v) is 3.37. The maximum Gasteiger partial charge on any atom is 0.259 e. The molecule has 140 valence electrons. The summed E-state index contributed by atoms with van der Waals surface area (Å²) in [5.41, 5.74) is 3.02. The molecule has 0 unspecified atom stereocenters.